The van der Waals surface area contributed by atoms with Crippen molar-refractivity contribution < 1.29 is 0 Å². The lowest BCUT2D eigenvalue weighted by Gasteiger charge is -2.31. The van der Waals surface area contributed by atoms with Crippen LogP contribution >= 0.6 is 11.6 Å². The summed E-state index contributed by atoms with van der Waals surface area (Å²) < 4.78 is 2.48. The zero-order valence-electron chi connectivity index (χ0n) is 22.2. The Morgan fingerprint density at radius 3 is 2.55 bits per heavy atom. The lowest BCUT2D eigenvalue weighted by Crippen LogP contribution is -2.33. The highest BCUT2D eigenvalue weighted by Gasteiger charge is 2.20. The number of aromatic nitrogens is 4. The summed E-state index contributed by atoms with van der Waals surface area (Å²) >= 11 is 6.08. The minimum atomic E-state index is 0.789. The van der Waals surface area contributed by atoms with Gasteiger partial charge in [-0.25, -0.2) is 9.97 Å². The van der Waals surface area contributed by atoms with Crippen LogP contribution < -0.4 is 0 Å². The minimum absolute atomic E-state index is 0.789. The van der Waals surface area contributed by atoms with Crippen molar-refractivity contribution in [3.8, 4) is 0 Å². The van der Waals surface area contributed by atoms with E-state index in [2.05, 4.69) is 76.0 Å². The third-order valence-electron chi connectivity index (χ3n) is 8.12. The van der Waals surface area contributed by atoms with Gasteiger partial charge >= 0.3 is 0 Å². The van der Waals surface area contributed by atoms with E-state index >= 15 is 0 Å². The molecule has 0 unspecified atom stereocenters. The summed E-state index contributed by atoms with van der Waals surface area (Å²) in [5.41, 5.74) is 7.18. The van der Waals surface area contributed by atoms with Crippen molar-refractivity contribution in [1.29, 1.82) is 0 Å². The highest BCUT2D eigenvalue weighted by molar-refractivity contribution is 6.30. The van der Waals surface area contributed by atoms with Crippen LogP contribution in [0, 0.1) is 12.8 Å². The lowest BCUT2D eigenvalue weighted by molar-refractivity contribution is 0.167. The van der Waals surface area contributed by atoms with Crippen LogP contribution in [-0.4, -0.2) is 37.5 Å². The molecule has 0 spiro atoms. The van der Waals surface area contributed by atoms with Gasteiger partial charge in [0, 0.05) is 18.0 Å². The molecule has 0 aliphatic carbocycles. The average Bonchev–Trinajstić information content (AvgIpc) is 3.51. The standard InChI is InChI=1S/C32H36ClN5/c1-23-6-4-10-29-32(23)36-31(16-13-25-11-14-26(33)15-12-25)38(29)19-5-7-24-17-20-37(21-18-24)22-30-34-27-8-2-3-9-28(27)35-30/h2-4,6,8-12,14-15,24H,5,7,13,16-22H2,1H3,(H,34,35). The summed E-state index contributed by atoms with van der Waals surface area (Å²) in [7, 11) is 0. The van der Waals surface area contributed by atoms with Crippen LogP contribution in [0.15, 0.2) is 66.7 Å². The predicted molar refractivity (Wildman–Crippen MR) is 157 cm³/mol. The maximum Gasteiger partial charge on any atom is 0.121 e. The zero-order chi connectivity index (χ0) is 25.9. The summed E-state index contributed by atoms with van der Waals surface area (Å²) in [6, 6.07) is 23.1. The molecule has 6 rings (SSSR count). The van der Waals surface area contributed by atoms with Gasteiger partial charge in [0.25, 0.3) is 0 Å². The number of rotatable bonds is 9. The van der Waals surface area contributed by atoms with E-state index in [1.807, 2.05) is 12.1 Å². The zero-order valence-corrected chi connectivity index (χ0v) is 22.9. The molecule has 1 saturated heterocycles. The fourth-order valence-corrected chi connectivity index (χ4v) is 6.07. The Morgan fingerprint density at radius 1 is 0.921 bits per heavy atom. The maximum absolute atomic E-state index is 6.08. The first-order valence-corrected chi connectivity index (χ1v) is 14.4. The molecule has 1 fully saturated rings. The summed E-state index contributed by atoms with van der Waals surface area (Å²) in [6.07, 6.45) is 6.93. The van der Waals surface area contributed by atoms with Gasteiger partial charge in [-0.2, -0.15) is 0 Å². The van der Waals surface area contributed by atoms with Gasteiger partial charge in [-0.05, 0) is 99.5 Å². The molecule has 0 bridgehead atoms. The fourth-order valence-electron chi connectivity index (χ4n) is 5.95. The predicted octanol–water partition coefficient (Wildman–Crippen LogP) is 7.35. The van der Waals surface area contributed by atoms with Gasteiger partial charge in [-0.1, -0.05) is 48.0 Å². The number of benzene rings is 3. The van der Waals surface area contributed by atoms with Gasteiger partial charge in [0.15, 0.2) is 0 Å². The number of piperidine rings is 1. The van der Waals surface area contributed by atoms with Crippen molar-refractivity contribution in [2.45, 2.75) is 58.5 Å². The molecule has 0 radical (unpaired) electrons. The first kappa shape index (κ1) is 25.1. The maximum atomic E-state index is 6.08. The van der Waals surface area contributed by atoms with Gasteiger partial charge in [0.2, 0.25) is 0 Å². The number of aryl methyl sites for hydroxylation is 4. The number of likely N-dealkylation sites (tertiary alicyclic amines) is 1. The monoisotopic (exact) mass is 525 g/mol. The molecule has 196 valence electrons. The Balaban J connectivity index is 1.04. The third-order valence-corrected chi connectivity index (χ3v) is 8.38. The van der Waals surface area contributed by atoms with Gasteiger partial charge in [0.1, 0.15) is 11.6 Å². The number of hydrogen-bond acceptors (Lipinski definition) is 3. The molecular weight excluding hydrogens is 490 g/mol. The van der Waals surface area contributed by atoms with Crippen LogP contribution in [0.2, 0.25) is 5.02 Å². The van der Waals surface area contributed by atoms with E-state index in [1.54, 1.807) is 0 Å². The van der Waals surface area contributed by atoms with Crippen molar-refractivity contribution >= 4 is 33.7 Å². The summed E-state index contributed by atoms with van der Waals surface area (Å²) in [5, 5.41) is 0.789. The van der Waals surface area contributed by atoms with E-state index in [4.69, 9.17) is 21.6 Å². The molecule has 2 aromatic heterocycles. The number of para-hydroxylation sites is 3. The molecule has 1 N–H and O–H groups in total. The molecule has 1 aliphatic rings. The summed E-state index contributed by atoms with van der Waals surface area (Å²) in [6.45, 7) is 6.43. The molecule has 0 amide bonds. The minimum Gasteiger partial charge on any atom is -0.341 e. The van der Waals surface area contributed by atoms with E-state index in [0.717, 1.165) is 72.3 Å². The van der Waals surface area contributed by atoms with E-state index in [0.29, 0.717) is 0 Å². The number of nitrogens with one attached hydrogen (secondary N) is 1. The van der Waals surface area contributed by atoms with Crippen LogP contribution in [0.1, 0.15) is 48.5 Å². The first-order valence-electron chi connectivity index (χ1n) is 14.0. The summed E-state index contributed by atoms with van der Waals surface area (Å²) in [5.74, 6) is 3.08. The SMILES string of the molecule is Cc1cccc2c1nc(CCc1ccc(Cl)cc1)n2CCCC1CCN(Cc2nc3ccccc3[nH]2)CC1. The van der Waals surface area contributed by atoms with Gasteiger partial charge < -0.3 is 9.55 Å². The molecule has 0 saturated carbocycles. The van der Waals surface area contributed by atoms with Gasteiger partial charge in [-0.15, -0.1) is 0 Å². The van der Waals surface area contributed by atoms with E-state index in [1.165, 1.54) is 48.2 Å². The molecule has 3 heterocycles. The first-order chi connectivity index (χ1) is 18.6. The van der Waals surface area contributed by atoms with E-state index in [9.17, 15) is 0 Å². The second-order valence-electron chi connectivity index (χ2n) is 10.8. The third kappa shape index (κ3) is 5.64. The largest absolute Gasteiger partial charge is 0.341 e. The molecule has 6 heteroatoms. The van der Waals surface area contributed by atoms with E-state index in [-0.39, 0.29) is 0 Å². The number of aromatic amines is 1. The normalized spacial score (nSPS) is 15.1. The molecule has 1 aliphatic heterocycles. The Kier molecular flexibility index (Phi) is 7.48. The highest BCUT2D eigenvalue weighted by Crippen LogP contribution is 2.26. The number of halogens is 1. The average molecular weight is 526 g/mol. The van der Waals surface area contributed by atoms with Crippen LogP contribution in [0.4, 0.5) is 0 Å². The molecule has 5 aromatic rings. The van der Waals surface area contributed by atoms with Crippen molar-refractivity contribution in [2.75, 3.05) is 13.1 Å². The number of fused-ring (bicyclic) bond motifs is 2. The topological polar surface area (TPSA) is 49.7 Å². The summed E-state index contributed by atoms with van der Waals surface area (Å²) in [4.78, 5) is 15.9. The molecule has 3 aromatic carbocycles. The van der Waals surface area contributed by atoms with Gasteiger partial charge in [-0.3, -0.25) is 4.90 Å². The number of imidazole rings is 2. The Morgan fingerprint density at radius 2 is 1.74 bits per heavy atom. The van der Waals surface area contributed by atoms with Crippen LogP contribution in [-0.2, 0) is 25.9 Å². The van der Waals surface area contributed by atoms with Crippen molar-refractivity contribution in [3.63, 3.8) is 0 Å². The molecular formula is C32H36ClN5. The Hall–Kier alpha value is -3.15. The van der Waals surface area contributed by atoms with Crippen LogP contribution in [0.25, 0.3) is 22.1 Å². The van der Waals surface area contributed by atoms with Crippen molar-refractivity contribution in [3.05, 3.63) is 94.5 Å². The van der Waals surface area contributed by atoms with E-state index < -0.39 is 0 Å². The number of nitrogens with zero attached hydrogens (tertiary/aromatic N) is 4. The Bertz CT molecular complexity index is 1480. The fraction of sp³-hybridized carbons (Fsp3) is 0.375. The van der Waals surface area contributed by atoms with Crippen molar-refractivity contribution in [1.82, 2.24) is 24.4 Å². The van der Waals surface area contributed by atoms with Crippen molar-refractivity contribution in [2.24, 2.45) is 5.92 Å². The number of hydrogen-bond donors (Lipinski definition) is 1. The van der Waals surface area contributed by atoms with Crippen LogP contribution in [0.5, 0.6) is 0 Å². The molecule has 0 atom stereocenters. The quantitative estimate of drug-likeness (QED) is 0.219. The second kappa shape index (κ2) is 11.3. The molecule has 38 heavy (non-hydrogen) atoms. The Labute approximate surface area is 229 Å². The van der Waals surface area contributed by atoms with Gasteiger partial charge in [0.05, 0.1) is 28.6 Å². The lowest BCUT2D eigenvalue weighted by atomic mass is 9.92. The highest BCUT2D eigenvalue weighted by atomic mass is 35.5. The van der Waals surface area contributed by atoms with Crippen LogP contribution in [0.3, 0.4) is 0 Å². The molecule has 5 nitrogen and oxygen atoms in total. The smallest absolute Gasteiger partial charge is 0.121 e. The number of H-pyrrole nitrogens is 1. The second-order valence-corrected chi connectivity index (χ2v) is 11.2.